The van der Waals surface area contributed by atoms with Crippen molar-refractivity contribution >= 4 is 51.3 Å². The Morgan fingerprint density at radius 3 is 2.87 bits per heavy atom. The van der Waals surface area contributed by atoms with E-state index in [0.29, 0.717) is 12.4 Å². The summed E-state index contributed by atoms with van der Waals surface area (Å²) in [6.45, 7) is 0.558. The molecule has 0 fully saturated rings. The Morgan fingerprint density at radius 2 is 2.27 bits per heavy atom. The van der Waals surface area contributed by atoms with Gasteiger partial charge >= 0.3 is 6.09 Å². The predicted molar refractivity (Wildman–Crippen MR) is 71.2 cm³/mol. The first-order chi connectivity index (χ1) is 7.09. The smallest absolute Gasteiger partial charge is 0.404 e. The number of ether oxygens (including phenoxy) is 1. The Balaban J connectivity index is 2.40. The Labute approximate surface area is 114 Å². The number of nitrogens with one attached hydrogen (secondary N) is 1. The molecule has 0 atom stereocenters. The molecule has 82 valence electrons. The molecule has 0 spiro atoms. The summed E-state index contributed by atoms with van der Waals surface area (Å²) in [7, 11) is 0. The van der Waals surface area contributed by atoms with Gasteiger partial charge in [0.15, 0.2) is 5.75 Å². The van der Waals surface area contributed by atoms with Crippen molar-refractivity contribution in [2.24, 2.45) is 0 Å². The van der Waals surface area contributed by atoms with Gasteiger partial charge in [0.1, 0.15) is 14.0 Å². The monoisotopic (exact) mass is 434 g/mol. The molecule has 15 heavy (non-hydrogen) atoms. The molecule has 0 saturated carbocycles. The zero-order chi connectivity index (χ0) is 11.3. The van der Waals surface area contributed by atoms with E-state index >= 15 is 0 Å². The first kappa shape index (κ1) is 12.7. The molecule has 0 unspecified atom stereocenters. The highest BCUT2D eigenvalue weighted by atomic mass is 127. The standard InChI is InChI=1S/C8H8I2N2O3/c9-6-2-1-5(7(10)12-6)15-4-3-11-8(13)14/h1-2,11H,3-4H2,(H,13,14). The van der Waals surface area contributed by atoms with Gasteiger partial charge in [0.25, 0.3) is 0 Å². The zero-order valence-electron chi connectivity index (χ0n) is 7.54. The van der Waals surface area contributed by atoms with E-state index in [4.69, 9.17) is 9.84 Å². The van der Waals surface area contributed by atoms with Crippen molar-refractivity contribution in [2.75, 3.05) is 13.2 Å². The lowest BCUT2D eigenvalue weighted by atomic mass is 10.5. The lowest BCUT2D eigenvalue weighted by molar-refractivity contribution is 0.191. The van der Waals surface area contributed by atoms with Crippen LogP contribution in [0.1, 0.15) is 0 Å². The highest BCUT2D eigenvalue weighted by Crippen LogP contribution is 2.19. The van der Waals surface area contributed by atoms with Gasteiger partial charge in [-0.2, -0.15) is 0 Å². The molecule has 0 bridgehead atoms. The minimum atomic E-state index is -1.05. The van der Waals surface area contributed by atoms with Crippen LogP contribution >= 0.6 is 45.2 Å². The van der Waals surface area contributed by atoms with Gasteiger partial charge in [0, 0.05) is 0 Å². The van der Waals surface area contributed by atoms with Gasteiger partial charge in [-0.3, -0.25) is 0 Å². The van der Waals surface area contributed by atoms with Crippen molar-refractivity contribution in [2.45, 2.75) is 0 Å². The summed E-state index contributed by atoms with van der Waals surface area (Å²) in [5.41, 5.74) is 0. The molecule has 0 aromatic carbocycles. The van der Waals surface area contributed by atoms with E-state index in [1.807, 2.05) is 12.1 Å². The first-order valence-electron chi connectivity index (χ1n) is 4.01. The molecule has 0 aliphatic carbocycles. The third-order valence-electron chi connectivity index (χ3n) is 1.42. The average molecular weight is 434 g/mol. The third kappa shape index (κ3) is 4.82. The van der Waals surface area contributed by atoms with Crippen molar-refractivity contribution in [3.05, 3.63) is 19.5 Å². The van der Waals surface area contributed by atoms with Crippen LogP contribution in [0.3, 0.4) is 0 Å². The fourth-order valence-electron chi connectivity index (χ4n) is 0.826. The van der Waals surface area contributed by atoms with Gasteiger partial charge in [-0.05, 0) is 57.3 Å². The van der Waals surface area contributed by atoms with Gasteiger partial charge in [-0.1, -0.05) is 0 Å². The second-order valence-corrected chi connectivity index (χ2v) is 4.63. The normalized spacial score (nSPS) is 9.73. The van der Waals surface area contributed by atoms with Crippen molar-refractivity contribution in [1.82, 2.24) is 10.3 Å². The summed E-state index contributed by atoms with van der Waals surface area (Å²) in [6.07, 6.45) is -1.05. The van der Waals surface area contributed by atoms with Crippen LogP contribution in [-0.4, -0.2) is 29.3 Å². The van der Waals surface area contributed by atoms with Crippen LogP contribution in [0.4, 0.5) is 4.79 Å². The molecular weight excluding hydrogens is 426 g/mol. The molecule has 0 radical (unpaired) electrons. The molecule has 0 aliphatic rings. The van der Waals surface area contributed by atoms with Crippen LogP contribution in [0.15, 0.2) is 12.1 Å². The number of nitrogens with zero attached hydrogens (tertiary/aromatic N) is 1. The quantitative estimate of drug-likeness (QED) is 0.432. The van der Waals surface area contributed by atoms with Gasteiger partial charge in [-0.25, -0.2) is 9.78 Å². The van der Waals surface area contributed by atoms with Crippen LogP contribution in [0, 0.1) is 7.40 Å². The maximum absolute atomic E-state index is 10.1. The number of hydrogen-bond acceptors (Lipinski definition) is 3. The van der Waals surface area contributed by atoms with Gasteiger partial charge in [0.05, 0.1) is 6.54 Å². The highest BCUT2D eigenvalue weighted by molar-refractivity contribution is 14.1. The number of halogens is 2. The van der Waals surface area contributed by atoms with Crippen molar-refractivity contribution in [3.63, 3.8) is 0 Å². The number of carbonyl (C=O) groups is 1. The number of pyridine rings is 1. The third-order valence-corrected chi connectivity index (χ3v) is 2.79. The Morgan fingerprint density at radius 1 is 1.53 bits per heavy atom. The predicted octanol–water partition coefficient (Wildman–Crippen LogP) is 1.94. The summed E-state index contributed by atoms with van der Waals surface area (Å²) in [5, 5.41) is 10.5. The average Bonchev–Trinajstić information content (AvgIpc) is 2.14. The number of rotatable bonds is 4. The van der Waals surface area contributed by atoms with Crippen LogP contribution in [0.5, 0.6) is 5.75 Å². The summed E-state index contributed by atoms with van der Waals surface area (Å²) >= 11 is 4.19. The lowest BCUT2D eigenvalue weighted by Gasteiger charge is -2.07. The minimum absolute atomic E-state index is 0.261. The summed E-state index contributed by atoms with van der Waals surface area (Å²) in [4.78, 5) is 14.3. The molecule has 1 aromatic heterocycles. The molecule has 0 saturated heterocycles. The minimum Gasteiger partial charge on any atom is -0.489 e. The fourth-order valence-corrected chi connectivity index (χ4v) is 2.30. The Hall–Kier alpha value is -0.320. The fraction of sp³-hybridized carbons (Fsp3) is 0.250. The van der Waals surface area contributed by atoms with Crippen LogP contribution in [0.2, 0.25) is 0 Å². The Bertz CT molecular complexity index is 360. The number of hydrogen-bond donors (Lipinski definition) is 2. The molecule has 5 nitrogen and oxygen atoms in total. The van der Waals surface area contributed by atoms with Gasteiger partial charge in [0.2, 0.25) is 0 Å². The maximum atomic E-state index is 10.1. The molecule has 2 N–H and O–H groups in total. The van der Waals surface area contributed by atoms with E-state index in [2.05, 4.69) is 55.5 Å². The number of carboxylic acid groups (broad SMARTS) is 1. The van der Waals surface area contributed by atoms with Crippen LogP contribution in [0.25, 0.3) is 0 Å². The second-order valence-electron chi connectivity index (χ2n) is 2.50. The van der Waals surface area contributed by atoms with Crippen LogP contribution < -0.4 is 10.1 Å². The van der Waals surface area contributed by atoms with Gasteiger partial charge in [-0.15, -0.1) is 0 Å². The lowest BCUT2D eigenvalue weighted by Crippen LogP contribution is -2.26. The van der Waals surface area contributed by atoms with Crippen molar-refractivity contribution in [1.29, 1.82) is 0 Å². The van der Waals surface area contributed by atoms with E-state index in [1.165, 1.54) is 0 Å². The highest BCUT2D eigenvalue weighted by Gasteiger charge is 2.02. The summed E-state index contributed by atoms with van der Waals surface area (Å²) in [5.74, 6) is 0.670. The number of aromatic nitrogens is 1. The van der Waals surface area contributed by atoms with Gasteiger partial charge < -0.3 is 15.2 Å². The molecule has 7 heteroatoms. The summed E-state index contributed by atoms with van der Waals surface area (Å²) in [6, 6.07) is 3.65. The SMILES string of the molecule is O=C(O)NCCOc1ccc(I)nc1I. The molecule has 1 heterocycles. The largest absolute Gasteiger partial charge is 0.489 e. The second kappa shape index (κ2) is 6.30. The van der Waals surface area contributed by atoms with E-state index in [1.54, 1.807) is 0 Å². The topological polar surface area (TPSA) is 71.5 Å². The first-order valence-corrected chi connectivity index (χ1v) is 6.17. The zero-order valence-corrected chi connectivity index (χ0v) is 11.9. The Kier molecular flexibility index (Phi) is 5.36. The maximum Gasteiger partial charge on any atom is 0.404 e. The van der Waals surface area contributed by atoms with Crippen molar-refractivity contribution < 1.29 is 14.6 Å². The van der Waals surface area contributed by atoms with Crippen LogP contribution in [-0.2, 0) is 0 Å². The summed E-state index contributed by atoms with van der Waals surface area (Å²) < 4.78 is 7.01. The van der Waals surface area contributed by atoms with E-state index < -0.39 is 6.09 Å². The molecule has 0 aliphatic heterocycles. The number of amides is 1. The van der Waals surface area contributed by atoms with E-state index in [0.717, 1.165) is 7.40 Å². The molecule has 1 aromatic rings. The molecular formula is C8H8I2N2O3. The van der Waals surface area contributed by atoms with Crippen molar-refractivity contribution in [3.8, 4) is 5.75 Å². The van der Waals surface area contributed by atoms with E-state index in [9.17, 15) is 4.79 Å². The molecule has 1 rings (SSSR count). The van der Waals surface area contributed by atoms with E-state index in [-0.39, 0.29) is 6.54 Å². The molecule has 1 amide bonds.